The summed E-state index contributed by atoms with van der Waals surface area (Å²) in [7, 11) is 15.6. The zero-order valence-electron chi connectivity index (χ0n) is 22.7. The summed E-state index contributed by atoms with van der Waals surface area (Å²) in [5.74, 6) is 1.32. The van der Waals surface area contributed by atoms with E-state index in [4.69, 9.17) is 31.1 Å². The molecule has 198 valence electrons. The molecule has 1 unspecified atom stereocenters. The summed E-state index contributed by atoms with van der Waals surface area (Å²) in [6.45, 7) is 7.40. The molecule has 4 radical (unpaired) electrons. The van der Waals surface area contributed by atoms with Crippen molar-refractivity contribution in [3.63, 3.8) is 0 Å². The molecule has 0 aliphatic carbocycles. The molecule has 1 aliphatic heterocycles. The molecule has 1 aliphatic rings. The average molecular weight is 515 g/mol. The van der Waals surface area contributed by atoms with E-state index in [-0.39, 0.29) is 17.7 Å². The maximum Gasteiger partial charge on any atom is 0.336 e. The number of nitrogens with two attached hydrogens (primary N) is 1. The Hall–Kier alpha value is -3.34. The number of amides is 1. The largest absolute Gasteiger partial charge is 0.460 e. The maximum absolute atomic E-state index is 12.4. The van der Waals surface area contributed by atoms with Gasteiger partial charge in [-0.25, -0.2) is 14.5 Å². The van der Waals surface area contributed by atoms with Gasteiger partial charge in [0.25, 0.3) is 0 Å². The molecule has 3 aromatic heterocycles. The number of likely N-dealkylation sites (N-methyl/N-ethyl adjacent to an activating group) is 1. The van der Waals surface area contributed by atoms with Crippen molar-refractivity contribution in [3.05, 3.63) is 35.3 Å². The van der Waals surface area contributed by atoms with Crippen molar-refractivity contribution in [1.29, 1.82) is 0 Å². The van der Waals surface area contributed by atoms with Crippen LogP contribution in [0.2, 0.25) is 5.72 Å². The van der Waals surface area contributed by atoms with E-state index in [1.807, 2.05) is 37.0 Å². The lowest BCUT2D eigenvalue weighted by Gasteiger charge is -2.36. The summed E-state index contributed by atoms with van der Waals surface area (Å²) in [6, 6.07) is 2.24. The van der Waals surface area contributed by atoms with Crippen LogP contribution in [0.15, 0.2) is 18.5 Å². The molecule has 1 atom stereocenters. The molecule has 1 amide bonds. The summed E-state index contributed by atoms with van der Waals surface area (Å²) in [6.07, 6.45) is 5.27. The lowest BCUT2D eigenvalue weighted by molar-refractivity contribution is -0.132. The molecule has 0 spiro atoms. The van der Waals surface area contributed by atoms with Crippen molar-refractivity contribution in [1.82, 2.24) is 34.4 Å². The maximum atomic E-state index is 12.4. The predicted molar refractivity (Wildman–Crippen MR) is 149 cm³/mol. The minimum atomic E-state index is -0.660. The first kappa shape index (κ1) is 27.7. The molecule has 0 bridgehead atoms. The van der Waals surface area contributed by atoms with Crippen molar-refractivity contribution in [2.75, 3.05) is 57.5 Å². The molecule has 38 heavy (non-hydrogen) atoms. The first-order chi connectivity index (χ1) is 18.2. The highest BCUT2D eigenvalue weighted by molar-refractivity contribution is 6.35. The van der Waals surface area contributed by atoms with Gasteiger partial charge in [0.05, 0.1) is 40.2 Å². The van der Waals surface area contributed by atoms with Crippen LogP contribution in [0.5, 0.6) is 6.01 Å². The van der Waals surface area contributed by atoms with Gasteiger partial charge in [0.2, 0.25) is 5.91 Å². The second kappa shape index (κ2) is 12.0. The number of carbonyl (C=O) groups excluding carboxylic acids is 1. The number of piperazine rings is 1. The predicted octanol–water partition coefficient (Wildman–Crippen LogP) is 0.841. The summed E-state index contributed by atoms with van der Waals surface area (Å²) in [5.41, 5.74) is 8.85. The first-order valence-electron chi connectivity index (χ1n) is 13.0. The summed E-state index contributed by atoms with van der Waals surface area (Å²) in [5, 5.41) is 4.52. The van der Waals surface area contributed by atoms with Crippen LogP contribution in [0.1, 0.15) is 36.6 Å². The van der Waals surface area contributed by atoms with E-state index in [1.54, 1.807) is 10.7 Å². The number of aromatic nitrogens is 5. The Kier molecular flexibility index (Phi) is 8.76. The Bertz CT molecular complexity index is 1260. The zero-order valence-corrected chi connectivity index (χ0v) is 22.7. The number of pyridine rings is 1. The van der Waals surface area contributed by atoms with Crippen LogP contribution in [0.25, 0.3) is 5.65 Å². The lowest BCUT2D eigenvalue weighted by atomic mass is 9.66. The molecule has 1 fully saturated rings. The van der Waals surface area contributed by atoms with Gasteiger partial charge in [-0.2, -0.15) is 4.98 Å². The molecule has 13 heteroatoms. The van der Waals surface area contributed by atoms with Crippen LogP contribution < -0.4 is 15.4 Å². The van der Waals surface area contributed by atoms with Crippen LogP contribution in [0.3, 0.4) is 0 Å². The van der Waals surface area contributed by atoms with Gasteiger partial charge in [0.15, 0.2) is 11.5 Å². The number of ether oxygens (including phenoxy) is 1. The van der Waals surface area contributed by atoms with Gasteiger partial charge >= 0.3 is 6.01 Å². The van der Waals surface area contributed by atoms with E-state index < -0.39 is 11.8 Å². The fraction of sp³-hybridized carbons (Fsp3) is 0.560. The fourth-order valence-corrected chi connectivity index (χ4v) is 4.65. The number of hydrogen-bond donors (Lipinski definition) is 1. The molecule has 3 aromatic rings. The van der Waals surface area contributed by atoms with Crippen molar-refractivity contribution in [2.24, 2.45) is 0 Å². The van der Waals surface area contributed by atoms with E-state index in [0.717, 1.165) is 42.1 Å². The van der Waals surface area contributed by atoms with Crippen molar-refractivity contribution < 1.29 is 9.53 Å². The van der Waals surface area contributed by atoms with E-state index >= 15 is 0 Å². The molecule has 11 nitrogen and oxygen atoms in total. The Morgan fingerprint density at radius 1 is 1.18 bits per heavy atom. The SMILES string of the molecule is [B]C([B])C(CCC)Oc1nc(N)c2ncc(Cc3cnc(N4CCN(C(=O)CN(C)C)CC4)c(C)c3)n2n1. The standard InChI is InChI=1S/C25H35B2N9O2/c1-5-6-19(21(26)27)38-25-31-22(28)24-30-14-18(36(24)32-25)12-17-11-16(2)23(29-13-17)35-9-7-34(8-10-35)20(37)15-33(3)4/h11,13-14,19,21H,5-10,12,15H2,1-4H3,(H2,28,31,32). The number of nitrogens with zero attached hydrogens (tertiary/aromatic N) is 8. The fourth-order valence-electron chi connectivity index (χ4n) is 4.65. The Morgan fingerprint density at radius 2 is 1.92 bits per heavy atom. The van der Waals surface area contributed by atoms with Crippen LogP contribution in [0.4, 0.5) is 11.6 Å². The molecule has 4 rings (SSSR count). The highest BCUT2D eigenvalue weighted by atomic mass is 16.5. The van der Waals surface area contributed by atoms with Crippen molar-refractivity contribution >= 4 is 38.9 Å². The van der Waals surface area contributed by atoms with Crippen LogP contribution >= 0.6 is 0 Å². The molecule has 0 aromatic carbocycles. The van der Waals surface area contributed by atoms with Gasteiger partial charge in [-0.05, 0) is 38.6 Å². The number of rotatable bonds is 10. The van der Waals surface area contributed by atoms with Crippen LogP contribution in [-0.4, -0.2) is 109 Å². The van der Waals surface area contributed by atoms with E-state index in [0.29, 0.717) is 38.1 Å². The molecular weight excluding hydrogens is 480 g/mol. The minimum Gasteiger partial charge on any atom is -0.460 e. The van der Waals surface area contributed by atoms with E-state index in [1.165, 1.54) is 0 Å². The first-order valence-corrected chi connectivity index (χ1v) is 13.0. The molecular formula is C25H35B2N9O2. The minimum absolute atomic E-state index is 0.112. The van der Waals surface area contributed by atoms with Gasteiger partial charge in [-0.1, -0.05) is 25.1 Å². The lowest BCUT2D eigenvalue weighted by Crippen LogP contribution is -2.51. The summed E-state index contributed by atoms with van der Waals surface area (Å²) in [4.78, 5) is 31.8. The molecule has 1 saturated heterocycles. The van der Waals surface area contributed by atoms with Gasteiger partial charge in [-0.15, -0.1) is 5.10 Å². The number of carbonyl (C=O) groups is 1. The summed E-state index contributed by atoms with van der Waals surface area (Å²) >= 11 is 0. The van der Waals surface area contributed by atoms with Gasteiger partial charge < -0.3 is 25.2 Å². The van der Waals surface area contributed by atoms with E-state index in [2.05, 4.69) is 33.0 Å². The molecule has 2 N–H and O–H groups in total. The van der Waals surface area contributed by atoms with E-state index in [9.17, 15) is 4.79 Å². The van der Waals surface area contributed by atoms with Gasteiger partial charge in [0, 0.05) is 38.8 Å². The zero-order chi connectivity index (χ0) is 27.4. The Morgan fingerprint density at radius 3 is 2.55 bits per heavy atom. The summed E-state index contributed by atoms with van der Waals surface area (Å²) < 4.78 is 7.53. The smallest absolute Gasteiger partial charge is 0.336 e. The van der Waals surface area contributed by atoms with Crippen LogP contribution in [0, 0.1) is 6.92 Å². The third-order valence-electron chi connectivity index (χ3n) is 6.57. The third kappa shape index (κ3) is 6.38. The Balaban J connectivity index is 1.47. The Labute approximate surface area is 226 Å². The third-order valence-corrected chi connectivity index (χ3v) is 6.57. The second-order valence-corrected chi connectivity index (χ2v) is 10.1. The topological polar surface area (TPSA) is 118 Å². The average Bonchev–Trinajstić information content (AvgIpc) is 3.26. The number of fused-ring (bicyclic) bond motifs is 1. The highest BCUT2D eigenvalue weighted by Crippen LogP contribution is 2.23. The van der Waals surface area contributed by atoms with Crippen LogP contribution in [-0.2, 0) is 11.2 Å². The quantitative estimate of drug-likeness (QED) is 0.392. The molecule has 0 saturated carbocycles. The number of hydrogen-bond acceptors (Lipinski definition) is 9. The van der Waals surface area contributed by atoms with Gasteiger partial charge in [0.1, 0.15) is 5.82 Å². The van der Waals surface area contributed by atoms with Gasteiger partial charge in [-0.3, -0.25) is 4.79 Å². The monoisotopic (exact) mass is 515 g/mol. The second-order valence-electron chi connectivity index (χ2n) is 10.1. The van der Waals surface area contributed by atoms with Crippen molar-refractivity contribution in [2.45, 2.75) is 44.9 Å². The number of nitrogen functional groups attached to an aromatic ring is 1. The number of anilines is 2. The normalized spacial score (nSPS) is 15.0. The molecule has 4 heterocycles. The number of imidazole rings is 1. The van der Waals surface area contributed by atoms with Crippen molar-refractivity contribution in [3.8, 4) is 6.01 Å². The number of aryl methyl sites for hydroxylation is 1. The highest BCUT2D eigenvalue weighted by Gasteiger charge is 2.23.